The normalized spacial score (nSPS) is 17.0. The molecule has 146 valence electrons. The second-order valence-corrected chi connectivity index (χ2v) is 9.05. The fourth-order valence-corrected chi connectivity index (χ4v) is 4.58. The molecule has 2 aromatic carbocycles. The third-order valence-electron chi connectivity index (χ3n) is 4.51. The van der Waals surface area contributed by atoms with Crippen molar-refractivity contribution >= 4 is 33.2 Å². The van der Waals surface area contributed by atoms with Gasteiger partial charge in [-0.05, 0) is 23.3 Å². The monoisotopic (exact) mass is 428 g/mol. The van der Waals surface area contributed by atoms with Crippen LogP contribution < -0.4 is 4.72 Å². The molecule has 1 aliphatic rings. The van der Waals surface area contributed by atoms with E-state index in [1.54, 1.807) is 18.2 Å². The molecule has 0 amide bonds. The van der Waals surface area contributed by atoms with Crippen LogP contribution in [0, 0.1) is 0 Å². The topological polar surface area (TPSA) is 58.6 Å². The van der Waals surface area contributed by atoms with E-state index in [0.29, 0.717) is 35.4 Å². The summed E-state index contributed by atoms with van der Waals surface area (Å²) >= 11 is 11.9. The Morgan fingerprint density at radius 2 is 1.74 bits per heavy atom. The van der Waals surface area contributed by atoms with E-state index in [4.69, 9.17) is 27.9 Å². The Balaban J connectivity index is 1.70. The SMILES string of the molecule is O=S(=O)(Cc1ccc(Cl)c(Cl)c1)NCC(c1ccccc1)N1CCOCC1. The molecule has 0 radical (unpaired) electrons. The minimum atomic E-state index is -3.52. The number of nitrogens with one attached hydrogen (secondary N) is 1. The summed E-state index contributed by atoms with van der Waals surface area (Å²) in [6, 6.07) is 14.7. The molecule has 0 saturated carbocycles. The fraction of sp³-hybridized carbons (Fsp3) is 0.368. The Hall–Kier alpha value is -1.15. The molecule has 1 heterocycles. The van der Waals surface area contributed by atoms with Crippen molar-refractivity contribution in [2.24, 2.45) is 0 Å². The average Bonchev–Trinajstić information content (AvgIpc) is 2.66. The second kappa shape index (κ2) is 9.37. The van der Waals surface area contributed by atoms with Gasteiger partial charge in [-0.15, -0.1) is 0 Å². The predicted octanol–water partition coefficient (Wildman–Crippen LogP) is 3.49. The lowest BCUT2D eigenvalue weighted by Gasteiger charge is -2.34. The van der Waals surface area contributed by atoms with Crippen molar-refractivity contribution in [2.45, 2.75) is 11.8 Å². The second-order valence-electron chi connectivity index (χ2n) is 6.43. The van der Waals surface area contributed by atoms with Crippen molar-refractivity contribution in [3.63, 3.8) is 0 Å². The molecule has 1 N–H and O–H groups in total. The van der Waals surface area contributed by atoms with Gasteiger partial charge in [0.15, 0.2) is 0 Å². The van der Waals surface area contributed by atoms with Gasteiger partial charge in [-0.25, -0.2) is 13.1 Å². The zero-order valence-electron chi connectivity index (χ0n) is 14.8. The van der Waals surface area contributed by atoms with Gasteiger partial charge in [-0.2, -0.15) is 0 Å². The van der Waals surface area contributed by atoms with Gasteiger partial charge in [0.05, 0.1) is 29.0 Å². The van der Waals surface area contributed by atoms with Crippen LogP contribution in [0.3, 0.4) is 0 Å². The summed E-state index contributed by atoms with van der Waals surface area (Å²) in [6.07, 6.45) is 0. The molecule has 8 heteroatoms. The average molecular weight is 429 g/mol. The maximum atomic E-state index is 12.6. The molecule has 2 aromatic rings. The van der Waals surface area contributed by atoms with E-state index in [9.17, 15) is 8.42 Å². The van der Waals surface area contributed by atoms with Crippen LogP contribution in [0.1, 0.15) is 17.2 Å². The van der Waals surface area contributed by atoms with Crippen LogP contribution in [0.4, 0.5) is 0 Å². The molecular formula is C19H22Cl2N2O3S. The highest BCUT2D eigenvalue weighted by Gasteiger charge is 2.24. The smallest absolute Gasteiger partial charge is 0.215 e. The van der Waals surface area contributed by atoms with E-state index >= 15 is 0 Å². The first-order chi connectivity index (χ1) is 12.9. The highest BCUT2D eigenvalue weighted by Crippen LogP contribution is 2.24. The third kappa shape index (κ3) is 5.91. The summed E-state index contributed by atoms with van der Waals surface area (Å²) in [5.41, 5.74) is 1.68. The fourth-order valence-electron chi connectivity index (χ4n) is 3.13. The van der Waals surface area contributed by atoms with E-state index in [-0.39, 0.29) is 11.8 Å². The molecule has 5 nitrogen and oxygen atoms in total. The molecule has 0 spiro atoms. The van der Waals surface area contributed by atoms with Crippen LogP contribution in [0.15, 0.2) is 48.5 Å². The van der Waals surface area contributed by atoms with Gasteiger partial charge in [0.1, 0.15) is 0 Å². The molecule has 0 aliphatic carbocycles. The summed E-state index contributed by atoms with van der Waals surface area (Å²) in [7, 11) is -3.52. The van der Waals surface area contributed by atoms with E-state index < -0.39 is 10.0 Å². The van der Waals surface area contributed by atoms with E-state index in [1.165, 1.54) is 0 Å². The molecule has 0 bridgehead atoms. The largest absolute Gasteiger partial charge is 0.379 e. The van der Waals surface area contributed by atoms with E-state index in [0.717, 1.165) is 18.7 Å². The van der Waals surface area contributed by atoms with Crippen molar-refractivity contribution in [3.8, 4) is 0 Å². The van der Waals surface area contributed by atoms with Crippen LogP contribution in [-0.2, 0) is 20.5 Å². The number of benzene rings is 2. The van der Waals surface area contributed by atoms with E-state index in [2.05, 4.69) is 9.62 Å². The summed E-state index contributed by atoms with van der Waals surface area (Å²) < 4.78 is 33.3. The summed E-state index contributed by atoms with van der Waals surface area (Å²) in [5, 5.41) is 0.752. The number of halogens is 2. The lowest BCUT2D eigenvalue weighted by atomic mass is 10.1. The predicted molar refractivity (Wildman–Crippen MR) is 109 cm³/mol. The van der Waals surface area contributed by atoms with Crippen LogP contribution >= 0.6 is 23.2 Å². The van der Waals surface area contributed by atoms with E-state index in [1.807, 2.05) is 30.3 Å². The molecule has 0 aromatic heterocycles. The third-order valence-corrected chi connectivity index (χ3v) is 6.57. The van der Waals surface area contributed by atoms with Crippen molar-refractivity contribution in [1.82, 2.24) is 9.62 Å². The van der Waals surface area contributed by atoms with Gasteiger partial charge in [0, 0.05) is 25.7 Å². The molecule has 3 rings (SSSR count). The molecule has 1 fully saturated rings. The zero-order valence-corrected chi connectivity index (χ0v) is 17.1. The highest BCUT2D eigenvalue weighted by atomic mass is 35.5. The number of nitrogens with zero attached hydrogens (tertiary/aromatic N) is 1. The van der Waals surface area contributed by atoms with Crippen LogP contribution in [0.25, 0.3) is 0 Å². The van der Waals surface area contributed by atoms with Crippen molar-refractivity contribution in [1.29, 1.82) is 0 Å². The number of sulfonamides is 1. The Labute approximate surface area is 170 Å². The van der Waals surface area contributed by atoms with Crippen molar-refractivity contribution in [2.75, 3.05) is 32.8 Å². The quantitative estimate of drug-likeness (QED) is 0.732. The molecule has 1 atom stereocenters. The molecular weight excluding hydrogens is 407 g/mol. The van der Waals surface area contributed by atoms with Crippen LogP contribution in [0.5, 0.6) is 0 Å². The van der Waals surface area contributed by atoms with Crippen LogP contribution in [-0.4, -0.2) is 46.2 Å². The zero-order chi connectivity index (χ0) is 19.3. The minimum absolute atomic E-state index is 0.0429. The minimum Gasteiger partial charge on any atom is -0.379 e. The highest BCUT2D eigenvalue weighted by molar-refractivity contribution is 7.88. The van der Waals surface area contributed by atoms with Crippen LogP contribution in [0.2, 0.25) is 10.0 Å². The Morgan fingerprint density at radius 1 is 1.04 bits per heavy atom. The Morgan fingerprint density at radius 3 is 2.41 bits per heavy atom. The Kier molecular flexibility index (Phi) is 7.14. The summed E-state index contributed by atoms with van der Waals surface area (Å²) in [5.74, 6) is -0.144. The first-order valence-electron chi connectivity index (χ1n) is 8.72. The maximum Gasteiger partial charge on any atom is 0.215 e. The van der Waals surface area contributed by atoms with Gasteiger partial charge in [-0.1, -0.05) is 59.6 Å². The van der Waals surface area contributed by atoms with Crippen molar-refractivity contribution < 1.29 is 13.2 Å². The van der Waals surface area contributed by atoms with Gasteiger partial charge in [0.2, 0.25) is 10.0 Å². The number of hydrogen-bond donors (Lipinski definition) is 1. The molecule has 1 aliphatic heterocycles. The maximum absolute atomic E-state index is 12.6. The van der Waals surface area contributed by atoms with Gasteiger partial charge in [-0.3, -0.25) is 4.90 Å². The lowest BCUT2D eigenvalue weighted by molar-refractivity contribution is 0.0172. The summed E-state index contributed by atoms with van der Waals surface area (Å²) in [4.78, 5) is 2.25. The molecule has 1 saturated heterocycles. The number of morpholine rings is 1. The Bertz CT molecular complexity index is 857. The number of rotatable bonds is 7. The van der Waals surface area contributed by atoms with Gasteiger partial charge >= 0.3 is 0 Å². The van der Waals surface area contributed by atoms with Gasteiger partial charge < -0.3 is 4.74 Å². The first kappa shape index (κ1) is 20.6. The van der Waals surface area contributed by atoms with Crippen molar-refractivity contribution in [3.05, 3.63) is 69.7 Å². The number of hydrogen-bond acceptors (Lipinski definition) is 4. The molecule has 27 heavy (non-hydrogen) atoms. The first-order valence-corrected chi connectivity index (χ1v) is 11.1. The standard InChI is InChI=1S/C19H22Cl2N2O3S/c20-17-7-6-15(12-18(17)21)14-27(24,25)22-13-19(16-4-2-1-3-5-16)23-8-10-26-11-9-23/h1-7,12,19,22H,8-11,13-14H2. The lowest BCUT2D eigenvalue weighted by Crippen LogP contribution is -2.44. The summed E-state index contributed by atoms with van der Waals surface area (Å²) in [6.45, 7) is 3.15. The van der Waals surface area contributed by atoms with Gasteiger partial charge in [0.25, 0.3) is 0 Å². The molecule has 1 unspecified atom stereocenters. The number of ether oxygens (including phenoxy) is 1.